The van der Waals surface area contributed by atoms with E-state index in [0.717, 1.165) is 55.5 Å². The highest BCUT2D eigenvalue weighted by Gasteiger charge is 2.20. The number of aryl methyl sites for hydroxylation is 4. The first-order chi connectivity index (χ1) is 16.7. The van der Waals surface area contributed by atoms with E-state index < -0.39 is 0 Å². The number of carbonyl (C=O) groups is 1. The third-order valence-corrected chi connectivity index (χ3v) is 7.40. The summed E-state index contributed by atoms with van der Waals surface area (Å²) in [7, 11) is 1.94. The Bertz CT molecular complexity index is 1550. The van der Waals surface area contributed by atoms with Crippen LogP contribution in [0.3, 0.4) is 0 Å². The Morgan fingerprint density at radius 3 is 2.43 bits per heavy atom. The lowest BCUT2D eigenvalue weighted by molar-refractivity contribution is -0.116. The van der Waals surface area contributed by atoms with Crippen LogP contribution in [0.2, 0.25) is 0 Å². The topological polar surface area (TPSA) is 95.5 Å². The molecule has 5 aromatic heterocycles. The zero-order valence-electron chi connectivity index (χ0n) is 20.7. The number of fused-ring (bicyclic) bond motifs is 1. The summed E-state index contributed by atoms with van der Waals surface area (Å²) in [5, 5.41) is 19.9. The van der Waals surface area contributed by atoms with Gasteiger partial charge in [0.25, 0.3) is 0 Å². The summed E-state index contributed by atoms with van der Waals surface area (Å²) in [6.07, 6.45) is 1.77. The molecule has 1 N–H and O–H groups in total. The van der Waals surface area contributed by atoms with E-state index in [1.165, 1.54) is 0 Å². The van der Waals surface area contributed by atoms with Gasteiger partial charge in [-0.25, -0.2) is 9.67 Å². The number of hydrogen-bond acceptors (Lipinski definition) is 6. The van der Waals surface area contributed by atoms with Gasteiger partial charge < -0.3 is 5.32 Å². The lowest BCUT2D eigenvalue weighted by Crippen LogP contribution is -2.20. The van der Waals surface area contributed by atoms with Crippen LogP contribution in [0.4, 0.5) is 5.69 Å². The summed E-state index contributed by atoms with van der Waals surface area (Å²) in [5.41, 5.74) is 8.28. The average molecular weight is 489 g/mol. The first-order valence-electron chi connectivity index (χ1n) is 11.4. The van der Waals surface area contributed by atoms with E-state index in [9.17, 15) is 4.79 Å². The molecule has 0 aromatic carbocycles. The molecule has 0 fully saturated rings. The number of pyridine rings is 1. The van der Waals surface area contributed by atoms with E-state index in [0.29, 0.717) is 12.2 Å². The highest BCUT2D eigenvalue weighted by Crippen LogP contribution is 2.32. The summed E-state index contributed by atoms with van der Waals surface area (Å²) in [4.78, 5) is 18.8. The van der Waals surface area contributed by atoms with Crippen molar-refractivity contribution in [3.63, 3.8) is 0 Å². The second kappa shape index (κ2) is 8.77. The van der Waals surface area contributed by atoms with Crippen LogP contribution < -0.4 is 5.32 Å². The molecule has 5 rings (SSSR count). The Kier molecular flexibility index (Phi) is 5.76. The normalized spacial score (nSPS) is 11.5. The third kappa shape index (κ3) is 4.03. The molecule has 0 radical (unpaired) electrons. The van der Waals surface area contributed by atoms with Gasteiger partial charge in [0, 0.05) is 34.9 Å². The maximum Gasteiger partial charge on any atom is 0.246 e. The van der Waals surface area contributed by atoms with Crippen molar-refractivity contribution >= 4 is 34.0 Å². The number of rotatable bonds is 6. The van der Waals surface area contributed by atoms with Gasteiger partial charge in [0.05, 0.1) is 40.4 Å². The van der Waals surface area contributed by atoms with Crippen molar-refractivity contribution in [2.45, 2.75) is 47.7 Å². The first-order valence-corrected chi connectivity index (χ1v) is 12.3. The van der Waals surface area contributed by atoms with Gasteiger partial charge in [-0.2, -0.15) is 15.3 Å². The molecule has 10 heteroatoms. The fraction of sp³-hybridized carbons (Fsp3) is 0.320. The molecule has 35 heavy (non-hydrogen) atoms. The monoisotopic (exact) mass is 488 g/mol. The number of carbonyl (C=O) groups excluding carboxylic acids is 1. The van der Waals surface area contributed by atoms with Crippen LogP contribution in [0.25, 0.3) is 21.5 Å². The van der Waals surface area contributed by atoms with Gasteiger partial charge in [0.15, 0.2) is 5.65 Å². The minimum atomic E-state index is -0.169. The molecule has 0 bridgehead atoms. The van der Waals surface area contributed by atoms with Gasteiger partial charge in [0.1, 0.15) is 6.54 Å². The molecule has 0 saturated heterocycles. The Hall–Kier alpha value is -3.79. The zero-order valence-corrected chi connectivity index (χ0v) is 21.6. The molecule has 180 valence electrons. The maximum absolute atomic E-state index is 13.1. The predicted molar refractivity (Wildman–Crippen MR) is 138 cm³/mol. The third-order valence-electron chi connectivity index (χ3n) is 6.50. The van der Waals surface area contributed by atoms with Crippen LogP contribution in [0.5, 0.6) is 0 Å². The second-order valence-electron chi connectivity index (χ2n) is 8.80. The Labute approximate surface area is 207 Å². The van der Waals surface area contributed by atoms with Crippen molar-refractivity contribution in [1.29, 1.82) is 0 Å². The Balaban J connectivity index is 1.39. The maximum atomic E-state index is 13.1. The van der Waals surface area contributed by atoms with Crippen LogP contribution in [0, 0.1) is 34.6 Å². The van der Waals surface area contributed by atoms with Crippen molar-refractivity contribution in [3.8, 4) is 10.4 Å². The number of thiophene rings is 1. The lowest BCUT2D eigenvalue weighted by Gasteiger charge is -2.08. The van der Waals surface area contributed by atoms with E-state index in [-0.39, 0.29) is 12.5 Å². The lowest BCUT2D eigenvalue weighted by atomic mass is 10.1. The summed E-state index contributed by atoms with van der Waals surface area (Å²) in [6.45, 7) is 10.6. The van der Waals surface area contributed by atoms with E-state index in [4.69, 9.17) is 0 Å². The van der Waals surface area contributed by atoms with E-state index in [1.54, 1.807) is 22.2 Å². The summed E-state index contributed by atoms with van der Waals surface area (Å²) >= 11 is 1.67. The molecule has 0 saturated carbocycles. The Morgan fingerprint density at radius 2 is 1.74 bits per heavy atom. The van der Waals surface area contributed by atoms with Crippen LogP contribution in [0.15, 0.2) is 29.8 Å². The van der Waals surface area contributed by atoms with Crippen LogP contribution in [-0.4, -0.2) is 40.2 Å². The van der Waals surface area contributed by atoms with Gasteiger partial charge in [-0.1, -0.05) is 6.07 Å². The van der Waals surface area contributed by atoms with E-state index >= 15 is 0 Å². The van der Waals surface area contributed by atoms with Crippen LogP contribution >= 0.6 is 11.3 Å². The average Bonchev–Trinajstić information content (AvgIpc) is 3.57. The first kappa shape index (κ1) is 23.0. The van der Waals surface area contributed by atoms with E-state index in [2.05, 4.69) is 44.0 Å². The highest BCUT2D eigenvalue weighted by molar-refractivity contribution is 7.13. The molecule has 1 amide bonds. The van der Waals surface area contributed by atoms with Gasteiger partial charge in [-0.15, -0.1) is 11.3 Å². The molecule has 0 atom stereocenters. The molecule has 0 spiro atoms. The zero-order chi connectivity index (χ0) is 24.9. The van der Waals surface area contributed by atoms with Gasteiger partial charge in [-0.3, -0.25) is 14.2 Å². The predicted octanol–water partition coefficient (Wildman–Crippen LogP) is 4.32. The van der Waals surface area contributed by atoms with E-state index in [1.807, 2.05) is 56.2 Å². The van der Waals surface area contributed by atoms with Crippen molar-refractivity contribution in [2.24, 2.45) is 7.05 Å². The quantitative estimate of drug-likeness (QED) is 0.384. The van der Waals surface area contributed by atoms with Gasteiger partial charge in [0.2, 0.25) is 5.91 Å². The minimum Gasteiger partial charge on any atom is -0.321 e. The van der Waals surface area contributed by atoms with Crippen LogP contribution in [-0.2, 0) is 24.9 Å². The number of amides is 1. The molecule has 0 unspecified atom stereocenters. The molecule has 5 heterocycles. The van der Waals surface area contributed by atoms with Crippen molar-refractivity contribution in [3.05, 3.63) is 63.8 Å². The summed E-state index contributed by atoms with van der Waals surface area (Å²) in [5.74, 6) is -0.169. The largest absolute Gasteiger partial charge is 0.321 e. The van der Waals surface area contributed by atoms with Crippen LogP contribution in [0.1, 0.15) is 34.0 Å². The van der Waals surface area contributed by atoms with Crippen molar-refractivity contribution in [2.75, 3.05) is 5.32 Å². The standard InChI is InChI=1S/C25H28N8OS/c1-14-20(17(4)31(6)28-14)12-32-18(5)24(16(3)30-32)27-22(34)13-33-25-23(15(2)29-33)19(9-10-26-25)21-8-7-11-35-21/h7-11H,12-13H2,1-6H3,(H,27,34). The molecular formula is C25H28N8OS. The smallest absolute Gasteiger partial charge is 0.246 e. The Morgan fingerprint density at radius 1 is 0.971 bits per heavy atom. The number of hydrogen-bond donors (Lipinski definition) is 1. The highest BCUT2D eigenvalue weighted by atomic mass is 32.1. The molecule has 0 aliphatic carbocycles. The SMILES string of the molecule is Cc1nn(C)c(C)c1Cn1nc(C)c(NC(=O)Cn2nc(C)c3c(-c4cccs4)ccnc32)c1C. The van der Waals surface area contributed by atoms with Crippen molar-refractivity contribution in [1.82, 2.24) is 34.3 Å². The molecule has 0 aliphatic rings. The number of nitrogens with one attached hydrogen (secondary N) is 1. The number of nitrogens with zero attached hydrogens (tertiary/aromatic N) is 7. The second-order valence-corrected chi connectivity index (χ2v) is 9.75. The number of anilines is 1. The molecule has 9 nitrogen and oxygen atoms in total. The molecule has 0 aliphatic heterocycles. The fourth-order valence-corrected chi connectivity index (χ4v) is 5.33. The molecular weight excluding hydrogens is 460 g/mol. The summed E-state index contributed by atoms with van der Waals surface area (Å²) < 4.78 is 5.48. The van der Waals surface area contributed by atoms with Gasteiger partial charge in [-0.05, 0) is 52.1 Å². The minimum absolute atomic E-state index is 0.0656. The van der Waals surface area contributed by atoms with Gasteiger partial charge >= 0.3 is 0 Å². The van der Waals surface area contributed by atoms with Crippen molar-refractivity contribution < 1.29 is 4.79 Å². The molecule has 5 aromatic rings. The fourth-order valence-electron chi connectivity index (χ4n) is 4.57. The number of aromatic nitrogens is 7. The summed E-state index contributed by atoms with van der Waals surface area (Å²) in [6, 6.07) is 6.11.